The molecule has 39 heavy (non-hydrogen) atoms. The SMILES string of the molecule is NC(=O)c1cc(S(=O)(=O)NC2CCCCC2)c(Cl)cc1Cl.OC1Cc2ccc(OCCCC(F)(F)F)cc2C1. The standard InChI is InChI=1S/C13H16Cl2N2O3S.C13H15F3O2/c14-10-7-11(15)12(6-9(10)13(16)18)21(19,20)17-8-4-2-1-3-5-8;14-13(15,16)4-1-5-18-12-3-2-9-6-11(17)7-10(9)8-12/h6-8,17H,1-5H2,(H2,16,18);2-3,8,11,17H,1,4-7H2. The van der Waals surface area contributed by atoms with Crippen molar-refractivity contribution in [2.24, 2.45) is 5.73 Å². The minimum Gasteiger partial charge on any atom is -0.494 e. The number of carbonyl (C=O) groups is 1. The predicted octanol–water partition coefficient (Wildman–Crippen LogP) is 5.57. The maximum atomic E-state index is 12.4. The van der Waals surface area contributed by atoms with Gasteiger partial charge in [-0.3, -0.25) is 4.79 Å². The smallest absolute Gasteiger partial charge is 0.389 e. The molecule has 13 heteroatoms. The second-order valence-corrected chi connectivity index (χ2v) is 12.1. The van der Waals surface area contributed by atoms with E-state index in [1.54, 1.807) is 12.1 Å². The topological polar surface area (TPSA) is 119 Å². The van der Waals surface area contributed by atoms with E-state index in [9.17, 15) is 31.5 Å². The van der Waals surface area contributed by atoms with Crippen LogP contribution in [-0.4, -0.2) is 44.4 Å². The van der Waals surface area contributed by atoms with Crippen LogP contribution in [-0.2, 0) is 22.9 Å². The molecular formula is C26H31Cl2F3N2O5S. The van der Waals surface area contributed by atoms with Gasteiger partial charge in [0.25, 0.3) is 0 Å². The Kier molecular flexibility index (Phi) is 10.9. The molecule has 0 bridgehead atoms. The van der Waals surface area contributed by atoms with Crippen LogP contribution in [0.3, 0.4) is 0 Å². The van der Waals surface area contributed by atoms with Gasteiger partial charge in [0.15, 0.2) is 0 Å². The number of benzene rings is 2. The molecule has 0 aromatic heterocycles. The van der Waals surface area contributed by atoms with Crippen LogP contribution in [0.1, 0.15) is 66.4 Å². The number of aliphatic hydroxyl groups is 1. The highest BCUT2D eigenvalue weighted by Gasteiger charge is 2.27. The predicted molar refractivity (Wildman–Crippen MR) is 143 cm³/mol. The fourth-order valence-electron chi connectivity index (χ4n) is 4.55. The summed E-state index contributed by atoms with van der Waals surface area (Å²) in [6.45, 7) is 0.0564. The van der Waals surface area contributed by atoms with Crippen molar-refractivity contribution in [2.45, 2.75) is 81.0 Å². The van der Waals surface area contributed by atoms with E-state index in [1.165, 1.54) is 6.07 Å². The van der Waals surface area contributed by atoms with Crippen LogP contribution in [0.5, 0.6) is 5.75 Å². The molecule has 1 unspecified atom stereocenters. The monoisotopic (exact) mass is 610 g/mol. The van der Waals surface area contributed by atoms with Crippen molar-refractivity contribution >= 4 is 39.1 Å². The highest BCUT2D eigenvalue weighted by molar-refractivity contribution is 7.89. The molecule has 4 N–H and O–H groups in total. The van der Waals surface area contributed by atoms with Gasteiger partial charge in [-0.05, 0) is 67.5 Å². The number of primary amides is 1. The number of carbonyl (C=O) groups excluding carboxylic acids is 1. The van der Waals surface area contributed by atoms with Gasteiger partial charge in [0.1, 0.15) is 10.6 Å². The molecule has 0 spiro atoms. The first-order chi connectivity index (χ1) is 18.2. The second kappa shape index (κ2) is 13.5. The molecule has 7 nitrogen and oxygen atoms in total. The van der Waals surface area contributed by atoms with E-state index in [4.69, 9.17) is 33.7 Å². The van der Waals surface area contributed by atoms with Gasteiger partial charge in [0.2, 0.25) is 15.9 Å². The summed E-state index contributed by atoms with van der Waals surface area (Å²) < 4.78 is 68.5. The molecule has 0 saturated heterocycles. The summed E-state index contributed by atoms with van der Waals surface area (Å²) in [6.07, 6.45) is 0.610. The summed E-state index contributed by atoms with van der Waals surface area (Å²) in [4.78, 5) is 11.1. The lowest BCUT2D eigenvalue weighted by atomic mass is 9.96. The minimum atomic E-state index is -4.12. The Labute approximate surface area is 235 Å². The number of alkyl halides is 3. The van der Waals surface area contributed by atoms with Gasteiger partial charge in [-0.1, -0.05) is 48.5 Å². The summed E-state index contributed by atoms with van der Waals surface area (Å²) in [5, 5.41) is 9.48. The largest absolute Gasteiger partial charge is 0.494 e. The first-order valence-electron chi connectivity index (χ1n) is 12.6. The lowest BCUT2D eigenvalue weighted by Gasteiger charge is -2.23. The van der Waals surface area contributed by atoms with Crippen molar-refractivity contribution in [2.75, 3.05) is 6.61 Å². The zero-order valence-corrected chi connectivity index (χ0v) is 23.4. The van der Waals surface area contributed by atoms with Crippen molar-refractivity contribution in [3.05, 3.63) is 57.1 Å². The third-order valence-corrected chi connectivity index (χ3v) is 8.76. The molecule has 2 aliphatic rings. The summed E-state index contributed by atoms with van der Waals surface area (Å²) >= 11 is 11.8. The molecule has 2 aliphatic carbocycles. The number of fused-ring (bicyclic) bond motifs is 1. The maximum absolute atomic E-state index is 12.4. The van der Waals surface area contributed by atoms with Gasteiger partial charge < -0.3 is 15.6 Å². The summed E-state index contributed by atoms with van der Waals surface area (Å²) in [5.74, 6) is -0.226. The number of sulfonamides is 1. The van der Waals surface area contributed by atoms with Crippen LogP contribution < -0.4 is 15.2 Å². The van der Waals surface area contributed by atoms with E-state index in [0.29, 0.717) is 18.6 Å². The number of hydrogen-bond acceptors (Lipinski definition) is 5. The molecular weight excluding hydrogens is 580 g/mol. The van der Waals surface area contributed by atoms with Crippen LogP contribution in [0.2, 0.25) is 10.0 Å². The third kappa shape index (κ3) is 9.53. The Hall–Kier alpha value is -2.05. The molecule has 0 aliphatic heterocycles. The maximum Gasteiger partial charge on any atom is 0.389 e. The van der Waals surface area contributed by atoms with Crippen molar-refractivity contribution in [3.8, 4) is 5.75 Å². The number of hydrogen-bond donors (Lipinski definition) is 3. The normalized spacial score (nSPS) is 17.7. The van der Waals surface area contributed by atoms with E-state index in [0.717, 1.165) is 49.3 Å². The number of amides is 1. The zero-order valence-electron chi connectivity index (χ0n) is 21.1. The van der Waals surface area contributed by atoms with Crippen molar-refractivity contribution in [1.29, 1.82) is 0 Å². The van der Waals surface area contributed by atoms with Gasteiger partial charge in [-0.25, -0.2) is 13.1 Å². The van der Waals surface area contributed by atoms with E-state index in [2.05, 4.69) is 4.72 Å². The van der Waals surface area contributed by atoms with E-state index < -0.39 is 28.5 Å². The molecule has 2 aromatic rings. The number of nitrogens with two attached hydrogens (primary N) is 1. The van der Waals surface area contributed by atoms with Crippen LogP contribution in [0.15, 0.2) is 35.2 Å². The summed E-state index contributed by atoms with van der Waals surface area (Å²) in [5.41, 5.74) is 7.23. The first kappa shape index (κ1) is 31.5. The number of rotatable bonds is 8. The fourth-order valence-corrected chi connectivity index (χ4v) is 6.72. The zero-order chi connectivity index (χ0) is 28.8. The Morgan fingerprint density at radius 3 is 2.36 bits per heavy atom. The third-order valence-electron chi connectivity index (χ3n) is 6.47. The molecule has 4 rings (SSSR count). The Balaban J connectivity index is 0.000000218. The fraction of sp³-hybridized carbons (Fsp3) is 0.500. The quantitative estimate of drug-likeness (QED) is 0.338. The Morgan fingerprint density at radius 1 is 1.05 bits per heavy atom. The van der Waals surface area contributed by atoms with Crippen LogP contribution >= 0.6 is 23.2 Å². The first-order valence-corrected chi connectivity index (χ1v) is 14.8. The molecule has 1 atom stereocenters. The van der Waals surface area contributed by atoms with Crippen LogP contribution in [0, 0.1) is 0 Å². The number of halogens is 5. The highest BCUT2D eigenvalue weighted by Crippen LogP contribution is 2.30. The van der Waals surface area contributed by atoms with E-state index in [-0.39, 0.29) is 45.7 Å². The molecule has 1 saturated carbocycles. The van der Waals surface area contributed by atoms with Crippen LogP contribution in [0.25, 0.3) is 0 Å². The van der Waals surface area contributed by atoms with Gasteiger partial charge in [-0.2, -0.15) is 13.2 Å². The minimum absolute atomic E-state index is 0.0316. The Morgan fingerprint density at radius 2 is 1.72 bits per heavy atom. The number of nitrogens with one attached hydrogen (secondary N) is 1. The van der Waals surface area contributed by atoms with Crippen LogP contribution in [0.4, 0.5) is 13.2 Å². The van der Waals surface area contributed by atoms with E-state index >= 15 is 0 Å². The lowest BCUT2D eigenvalue weighted by Crippen LogP contribution is -2.36. The van der Waals surface area contributed by atoms with Crippen molar-refractivity contribution in [1.82, 2.24) is 4.72 Å². The molecule has 216 valence electrons. The van der Waals surface area contributed by atoms with Gasteiger partial charge in [0, 0.05) is 12.5 Å². The molecule has 0 radical (unpaired) electrons. The number of aliphatic hydroxyl groups excluding tert-OH is 1. The average molecular weight is 612 g/mol. The molecule has 1 amide bonds. The second-order valence-electron chi connectivity index (χ2n) is 9.64. The number of ether oxygens (including phenoxy) is 1. The van der Waals surface area contributed by atoms with E-state index in [1.807, 2.05) is 6.07 Å². The van der Waals surface area contributed by atoms with Crippen molar-refractivity contribution in [3.63, 3.8) is 0 Å². The van der Waals surface area contributed by atoms with Gasteiger partial charge in [0.05, 0.1) is 28.3 Å². The van der Waals surface area contributed by atoms with Gasteiger partial charge >= 0.3 is 6.18 Å². The molecule has 2 aromatic carbocycles. The molecule has 1 fully saturated rings. The average Bonchev–Trinajstić information content (AvgIpc) is 3.21. The van der Waals surface area contributed by atoms with Gasteiger partial charge in [-0.15, -0.1) is 0 Å². The Bertz CT molecular complexity index is 1270. The molecule has 0 heterocycles. The van der Waals surface area contributed by atoms with Crippen molar-refractivity contribution < 1.29 is 36.2 Å². The lowest BCUT2D eigenvalue weighted by molar-refractivity contribution is -0.136. The summed E-state index contributed by atoms with van der Waals surface area (Å²) in [6, 6.07) is 7.65. The highest BCUT2D eigenvalue weighted by atomic mass is 35.5. The summed E-state index contributed by atoms with van der Waals surface area (Å²) in [7, 11) is -3.81.